The predicted molar refractivity (Wildman–Crippen MR) is 113 cm³/mol. The molecule has 3 aromatic rings. The Balaban J connectivity index is 1.86. The number of anilines is 1. The van der Waals surface area contributed by atoms with Crippen LogP contribution in [0.3, 0.4) is 0 Å². The number of hydrogen-bond acceptors (Lipinski definition) is 6. The van der Waals surface area contributed by atoms with Crippen LogP contribution in [0.15, 0.2) is 57.9 Å². The third kappa shape index (κ3) is 4.35. The van der Waals surface area contributed by atoms with Crippen molar-refractivity contribution in [2.45, 2.75) is 38.1 Å². The molecule has 1 heterocycles. The molecule has 0 saturated heterocycles. The molecule has 30 heavy (non-hydrogen) atoms. The second kappa shape index (κ2) is 7.91. The average Bonchev–Trinajstić information content (AvgIpc) is 3.15. The topological polar surface area (TPSA) is 105 Å². The maximum Gasteiger partial charge on any atom is 0.264 e. The van der Waals surface area contributed by atoms with Crippen LogP contribution in [0.25, 0.3) is 0 Å². The number of aromatic nitrogens is 2. The van der Waals surface area contributed by atoms with Gasteiger partial charge in [0.25, 0.3) is 15.9 Å². The van der Waals surface area contributed by atoms with Crippen LogP contribution in [-0.2, 0) is 15.6 Å². The summed E-state index contributed by atoms with van der Waals surface area (Å²) in [6, 6.07) is 13.1. The number of nitrogens with zero attached hydrogens (tertiary/aromatic N) is 3. The second-order valence-electron chi connectivity index (χ2n) is 7.55. The van der Waals surface area contributed by atoms with Gasteiger partial charge in [-0.05, 0) is 51.1 Å². The smallest absolute Gasteiger partial charge is 0.264 e. The molecule has 158 valence electrons. The summed E-state index contributed by atoms with van der Waals surface area (Å²) in [6.45, 7) is 7.06. The molecule has 0 bridgehead atoms. The molecule has 0 unspecified atom stereocenters. The Labute approximate surface area is 176 Å². The first-order valence-corrected chi connectivity index (χ1v) is 10.7. The summed E-state index contributed by atoms with van der Waals surface area (Å²) in [5.74, 6) is 0.272. The quantitative estimate of drug-likeness (QED) is 0.646. The fourth-order valence-electron chi connectivity index (χ4n) is 2.81. The Kier molecular flexibility index (Phi) is 5.67. The Morgan fingerprint density at radius 3 is 2.37 bits per heavy atom. The summed E-state index contributed by atoms with van der Waals surface area (Å²) in [5.41, 5.74) is 0.871. The highest BCUT2D eigenvalue weighted by Gasteiger charge is 2.29. The van der Waals surface area contributed by atoms with E-state index in [4.69, 9.17) is 4.52 Å². The maximum atomic E-state index is 13.1. The van der Waals surface area contributed by atoms with Crippen molar-refractivity contribution in [3.63, 3.8) is 0 Å². The highest BCUT2D eigenvalue weighted by molar-refractivity contribution is 7.92. The molecule has 2 aromatic carbocycles. The van der Waals surface area contributed by atoms with Gasteiger partial charge in [0, 0.05) is 19.5 Å². The van der Waals surface area contributed by atoms with Gasteiger partial charge in [-0.15, -0.1) is 0 Å². The SMILES string of the molecule is Cc1ccc(N(C)S(=O)(=O)c2cccc(C(=O)NC(C)(C)c3noc(C)n3)c2)cc1. The van der Waals surface area contributed by atoms with Crippen molar-refractivity contribution in [1.82, 2.24) is 15.5 Å². The summed E-state index contributed by atoms with van der Waals surface area (Å²) in [4.78, 5) is 17.0. The maximum absolute atomic E-state index is 13.1. The van der Waals surface area contributed by atoms with E-state index in [9.17, 15) is 13.2 Å². The molecule has 0 saturated carbocycles. The zero-order chi connectivity index (χ0) is 22.1. The number of benzene rings is 2. The molecule has 0 spiro atoms. The van der Waals surface area contributed by atoms with E-state index in [0.717, 1.165) is 5.56 Å². The zero-order valence-electron chi connectivity index (χ0n) is 17.5. The molecule has 0 aliphatic rings. The largest absolute Gasteiger partial charge is 0.340 e. The first-order valence-electron chi connectivity index (χ1n) is 9.30. The lowest BCUT2D eigenvalue weighted by molar-refractivity contribution is 0.0907. The van der Waals surface area contributed by atoms with Crippen LogP contribution in [-0.4, -0.2) is 31.5 Å². The Bertz CT molecular complexity index is 1170. The first-order chi connectivity index (χ1) is 14.0. The molecule has 1 N–H and O–H groups in total. The van der Waals surface area contributed by atoms with Crippen LogP contribution in [0.1, 0.15) is 41.5 Å². The van der Waals surface area contributed by atoms with Gasteiger partial charge in [-0.2, -0.15) is 4.98 Å². The lowest BCUT2D eigenvalue weighted by Crippen LogP contribution is -2.42. The fraction of sp³-hybridized carbons (Fsp3) is 0.286. The third-order valence-electron chi connectivity index (χ3n) is 4.66. The van der Waals surface area contributed by atoms with Gasteiger partial charge in [0.15, 0.2) is 5.82 Å². The third-order valence-corrected chi connectivity index (χ3v) is 6.45. The molecule has 0 aliphatic carbocycles. The van der Waals surface area contributed by atoms with E-state index < -0.39 is 21.5 Å². The van der Waals surface area contributed by atoms with Crippen molar-refractivity contribution >= 4 is 21.6 Å². The Morgan fingerprint density at radius 1 is 1.10 bits per heavy atom. The number of rotatable bonds is 6. The van der Waals surface area contributed by atoms with Crippen LogP contribution >= 0.6 is 0 Å². The van der Waals surface area contributed by atoms with Crippen molar-refractivity contribution in [3.05, 3.63) is 71.4 Å². The van der Waals surface area contributed by atoms with Gasteiger partial charge < -0.3 is 9.84 Å². The summed E-state index contributed by atoms with van der Waals surface area (Å²) in [5, 5.41) is 6.67. The van der Waals surface area contributed by atoms with E-state index in [1.165, 1.54) is 29.6 Å². The molecule has 9 heteroatoms. The zero-order valence-corrected chi connectivity index (χ0v) is 18.3. The van der Waals surface area contributed by atoms with Gasteiger partial charge in [-0.3, -0.25) is 9.10 Å². The van der Waals surface area contributed by atoms with E-state index in [1.54, 1.807) is 39.0 Å². The van der Waals surface area contributed by atoms with Crippen LogP contribution in [0.2, 0.25) is 0 Å². The van der Waals surface area contributed by atoms with E-state index in [-0.39, 0.29) is 10.5 Å². The van der Waals surface area contributed by atoms with Crippen LogP contribution in [0, 0.1) is 13.8 Å². The standard InChI is InChI=1S/C21H24N4O4S/c1-14-9-11-17(12-10-14)25(5)30(27,28)18-8-6-7-16(13-18)19(26)23-21(3,4)20-22-15(2)29-24-20/h6-13H,1-5H3,(H,23,26). The predicted octanol–water partition coefficient (Wildman–Crippen LogP) is 3.18. The monoisotopic (exact) mass is 428 g/mol. The normalized spacial score (nSPS) is 11.9. The molecular weight excluding hydrogens is 404 g/mol. The number of sulfonamides is 1. The van der Waals surface area contributed by atoms with Crippen molar-refractivity contribution in [1.29, 1.82) is 0 Å². The van der Waals surface area contributed by atoms with E-state index in [2.05, 4.69) is 15.5 Å². The van der Waals surface area contributed by atoms with Gasteiger partial charge in [0.05, 0.1) is 16.1 Å². The minimum atomic E-state index is -3.84. The van der Waals surface area contributed by atoms with Crippen molar-refractivity contribution < 1.29 is 17.7 Å². The van der Waals surface area contributed by atoms with Gasteiger partial charge in [0.1, 0.15) is 0 Å². The number of carbonyl (C=O) groups is 1. The van der Waals surface area contributed by atoms with E-state index >= 15 is 0 Å². The molecular formula is C21H24N4O4S. The van der Waals surface area contributed by atoms with E-state index in [0.29, 0.717) is 17.4 Å². The fourth-order valence-corrected chi connectivity index (χ4v) is 4.06. The number of amides is 1. The molecule has 0 aliphatic heterocycles. The van der Waals surface area contributed by atoms with Crippen molar-refractivity contribution in [3.8, 4) is 0 Å². The van der Waals surface area contributed by atoms with Gasteiger partial charge in [-0.1, -0.05) is 28.9 Å². The molecule has 1 aromatic heterocycles. The van der Waals surface area contributed by atoms with Crippen molar-refractivity contribution in [2.24, 2.45) is 0 Å². The number of carbonyl (C=O) groups excluding carboxylic acids is 1. The lowest BCUT2D eigenvalue weighted by atomic mass is 10.0. The second-order valence-corrected chi connectivity index (χ2v) is 9.52. The number of aryl methyl sites for hydroxylation is 2. The highest BCUT2D eigenvalue weighted by atomic mass is 32.2. The Morgan fingerprint density at radius 2 is 1.77 bits per heavy atom. The summed E-state index contributed by atoms with van der Waals surface area (Å²) >= 11 is 0. The summed E-state index contributed by atoms with van der Waals surface area (Å²) in [7, 11) is -2.36. The molecule has 1 amide bonds. The summed E-state index contributed by atoms with van der Waals surface area (Å²) < 4.78 is 32.3. The summed E-state index contributed by atoms with van der Waals surface area (Å²) in [6.07, 6.45) is 0. The van der Waals surface area contributed by atoms with E-state index in [1.807, 2.05) is 19.1 Å². The molecule has 0 fully saturated rings. The Hall–Kier alpha value is -3.20. The van der Waals surface area contributed by atoms with Gasteiger partial charge in [-0.25, -0.2) is 8.42 Å². The minimum absolute atomic E-state index is 0.0198. The first kappa shape index (κ1) is 21.5. The van der Waals surface area contributed by atoms with Crippen molar-refractivity contribution in [2.75, 3.05) is 11.4 Å². The molecule has 3 rings (SSSR count). The van der Waals surface area contributed by atoms with Crippen LogP contribution < -0.4 is 9.62 Å². The molecule has 0 radical (unpaired) electrons. The average molecular weight is 429 g/mol. The molecule has 8 nitrogen and oxygen atoms in total. The van der Waals surface area contributed by atoms with Crippen LogP contribution in [0.4, 0.5) is 5.69 Å². The van der Waals surface area contributed by atoms with Gasteiger partial charge in [0.2, 0.25) is 5.89 Å². The highest BCUT2D eigenvalue weighted by Crippen LogP contribution is 2.24. The lowest BCUT2D eigenvalue weighted by Gasteiger charge is -2.23. The molecule has 0 atom stereocenters. The number of nitrogens with one attached hydrogen (secondary N) is 1. The minimum Gasteiger partial charge on any atom is -0.340 e. The number of hydrogen-bond donors (Lipinski definition) is 1. The van der Waals surface area contributed by atoms with Crippen LogP contribution in [0.5, 0.6) is 0 Å². The van der Waals surface area contributed by atoms with Gasteiger partial charge >= 0.3 is 0 Å².